The Labute approximate surface area is 186 Å². The van der Waals surface area contributed by atoms with Crippen molar-refractivity contribution < 1.29 is 14.3 Å². The summed E-state index contributed by atoms with van der Waals surface area (Å²) in [5.74, 6) is 1.26. The van der Waals surface area contributed by atoms with Crippen molar-refractivity contribution in [2.75, 3.05) is 7.11 Å². The predicted octanol–water partition coefficient (Wildman–Crippen LogP) is 5.18. The van der Waals surface area contributed by atoms with Crippen LogP contribution in [0.5, 0.6) is 17.5 Å². The van der Waals surface area contributed by atoms with Crippen molar-refractivity contribution in [1.29, 1.82) is 0 Å². The Bertz CT molecular complexity index is 1190. The Morgan fingerprint density at radius 3 is 2.16 bits per heavy atom. The first-order chi connectivity index (χ1) is 15.6. The summed E-state index contributed by atoms with van der Waals surface area (Å²) in [6.07, 6.45) is 3.39. The van der Waals surface area contributed by atoms with Crippen LogP contribution < -0.4 is 14.8 Å². The largest absolute Gasteiger partial charge is 0.497 e. The van der Waals surface area contributed by atoms with Crippen LogP contribution in [0.3, 0.4) is 0 Å². The van der Waals surface area contributed by atoms with Gasteiger partial charge in [0.1, 0.15) is 11.5 Å². The number of hydrogen-bond acceptors (Lipinski definition) is 5. The van der Waals surface area contributed by atoms with Crippen molar-refractivity contribution in [2.24, 2.45) is 0 Å². The molecule has 0 fully saturated rings. The lowest BCUT2D eigenvalue weighted by atomic mass is 10.1. The van der Waals surface area contributed by atoms with E-state index in [1.165, 1.54) is 0 Å². The van der Waals surface area contributed by atoms with Crippen molar-refractivity contribution in [1.82, 2.24) is 15.3 Å². The number of nitrogens with one attached hydrogen (secondary N) is 1. The number of nitrogens with zero attached hydrogens (tertiary/aromatic N) is 2. The third-order valence-electron chi connectivity index (χ3n) is 5.08. The molecule has 0 atom stereocenters. The van der Waals surface area contributed by atoms with Gasteiger partial charge in [0.2, 0.25) is 0 Å². The SMILES string of the molecule is COc1ccc(Oc2ncc(-c3ccc(C(=O)NCc4ccccc4C)cc3)cn2)cc1. The molecule has 0 aliphatic heterocycles. The zero-order chi connectivity index (χ0) is 22.3. The standard InChI is InChI=1S/C26H23N3O3/c1-18-5-3-4-6-21(18)15-27-25(30)20-9-7-19(8-10-20)22-16-28-26(29-17-22)32-24-13-11-23(31-2)12-14-24/h3-14,16-17H,15H2,1-2H3,(H,27,30). The van der Waals surface area contributed by atoms with Gasteiger partial charge in [-0.15, -0.1) is 0 Å². The van der Waals surface area contributed by atoms with Crippen molar-refractivity contribution >= 4 is 5.91 Å². The van der Waals surface area contributed by atoms with E-state index in [2.05, 4.69) is 15.3 Å². The summed E-state index contributed by atoms with van der Waals surface area (Å²) in [7, 11) is 1.61. The smallest absolute Gasteiger partial charge is 0.321 e. The fourth-order valence-electron chi connectivity index (χ4n) is 3.17. The van der Waals surface area contributed by atoms with Gasteiger partial charge in [0, 0.05) is 30.1 Å². The van der Waals surface area contributed by atoms with E-state index in [0.717, 1.165) is 28.0 Å². The van der Waals surface area contributed by atoms with E-state index in [9.17, 15) is 4.79 Å². The number of carbonyl (C=O) groups is 1. The van der Waals surface area contributed by atoms with Crippen LogP contribution in [-0.4, -0.2) is 23.0 Å². The summed E-state index contributed by atoms with van der Waals surface area (Å²) in [4.78, 5) is 21.0. The van der Waals surface area contributed by atoms with Gasteiger partial charge in [0.15, 0.2) is 0 Å². The average molecular weight is 425 g/mol. The van der Waals surface area contributed by atoms with Gasteiger partial charge in [-0.2, -0.15) is 0 Å². The fourth-order valence-corrected chi connectivity index (χ4v) is 3.17. The normalized spacial score (nSPS) is 10.4. The molecule has 3 aromatic carbocycles. The predicted molar refractivity (Wildman–Crippen MR) is 123 cm³/mol. The van der Waals surface area contributed by atoms with Crippen molar-refractivity contribution in [3.63, 3.8) is 0 Å². The van der Waals surface area contributed by atoms with E-state index >= 15 is 0 Å². The summed E-state index contributed by atoms with van der Waals surface area (Å²) in [5.41, 5.74) is 4.60. The van der Waals surface area contributed by atoms with Crippen molar-refractivity contribution in [3.05, 3.63) is 102 Å². The summed E-state index contributed by atoms with van der Waals surface area (Å²) in [5, 5.41) is 2.97. The molecule has 4 aromatic rings. The van der Waals surface area contributed by atoms with Crippen LogP contribution in [-0.2, 0) is 6.54 Å². The minimum Gasteiger partial charge on any atom is -0.497 e. The van der Waals surface area contributed by atoms with Crippen LogP contribution in [0.2, 0.25) is 0 Å². The van der Waals surface area contributed by atoms with E-state index in [1.54, 1.807) is 43.8 Å². The molecule has 32 heavy (non-hydrogen) atoms. The van der Waals surface area contributed by atoms with Gasteiger partial charge < -0.3 is 14.8 Å². The quantitative estimate of drug-likeness (QED) is 0.441. The number of rotatable bonds is 7. The highest BCUT2D eigenvalue weighted by molar-refractivity contribution is 5.94. The van der Waals surface area contributed by atoms with E-state index in [-0.39, 0.29) is 11.9 Å². The Balaban J connectivity index is 1.37. The second-order valence-corrected chi connectivity index (χ2v) is 7.22. The van der Waals surface area contributed by atoms with Gasteiger partial charge in [-0.3, -0.25) is 4.79 Å². The van der Waals surface area contributed by atoms with Crippen LogP contribution in [0.1, 0.15) is 21.5 Å². The average Bonchev–Trinajstić information content (AvgIpc) is 2.84. The maximum atomic E-state index is 12.5. The van der Waals surface area contributed by atoms with E-state index in [1.807, 2.05) is 55.5 Å². The van der Waals surface area contributed by atoms with Gasteiger partial charge in [-0.1, -0.05) is 36.4 Å². The first kappa shape index (κ1) is 21.1. The van der Waals surface area contributed by atoms with Crippen LogP contribution >= 0.6 is 0 Å². The lowest BCUT2D eigenvalue weighted by Gasteiger charge is -2.09. The Kier molecular flexibility index (Phi) is 6.41. The maximum absolute atomic E-state index is 12.5. The van der Waals surface area contributed by atoms with Crippen LogP contribution in [0, 0.1) is 6.92 Å². The summed E-state index contributed by atoms with van der Waals surface area (Å²) in [6, 6.07) is 22.8. The Morgan fingerprint density at radius 1 is 0.844 bits per heavy atom. The monoisotopic (exact) mass is 425 g/mol. The number of carbonyl (C=O) groups excluding carboxylic acids is 1. The maximum Gasteiger partial charge on any atom is 0.321 e. The summed E-state index contributed by atoms with van der Waals surface area (Å²) in [6.45, 7) is 2.53. The third-order valence-corrected chi connectivity index (χ3v) is 5.08. The summed E-state index contributed by atoms with van der Waals surface area (Å²) >= 11 is 0. The lowest BCUT2D eigenvalue weighted by Crippen LogP contribution is -2.23. The molecule has 6 heteroatoms. The van der Waals surface area contributed by atoms with Crippen molar-refractivity contribution in [3.8, 4) is 28.6 Å². The zero-order valence-electron chi connectivity index (χ0n) is 17.9. The number of aryl methyl sites for hydroxylation is 1. The number of benzene rings is 3. The van der Waals surface area contributed by atoms with E-state index in [0.29, 0.717) is 17.9 Å². The second-order valence-electron chi connectivity index (χ2n) is 7.22. The molecule has 1 amide bonds. The first-order valence-corrected chi connectivity index (χ1v) is 10.2. The van der Waals surface area contributed by atoms with Gasteiger partial charge in [-0.25, -0.2) is 9.97 Å². The second kappa shape index (κ2) is 9.75. The van der Waals surface area contributed by atoms with E-state index < -0.39 is 0 Å². The highest BCUT2D eigenvalue weighted by Gasteiger charge is 2.08. The third kappa shape index (κ3) is 5.10. The topological polar surface area (TPSA) is 73.3 Å². The number of amides is 1. The van der Waals surface area contributed by atoms with Gasteiger partial charge >= 0.3 is 6.01 Å². The number of aromatic nitrogens is 2. The Hall–Kier alpha value is -4.19. The van der Waals surface area contributed by atoms with Crippen LogP contribution in [0.15, 0.2) is 85.2 Å². The van der Waals surface area contributed by atoms with Crippen molar-refractivity contribution in [2.45, 2.75) is 13.5 Å². The highest BCUT2D eigenvalue weighted by Crippen LogP contribution is 2.23. The molecule has 0 saturated heterocycles. The van der Waals surface area contributed by atoms with Gasteiger partial charge in [0.25, 0.3) is 5.91 Å². The molecule has 0 bridgehead atoms. The number of hydrogen-bond donors (Lipinski definition) is 1. The molecule has 0 saturated carbocycles. The zero-order valence-corrected chi connectivity index (χ0v) is 17.9. The highest BCUT2D eigenvalue weighted by atomic mass is 16.5. The fraction of sp³-hybridized carbons (Fsp3) is 0.115. The molecule has 1 heterocycles. The molecule has 0 spiro atoms. The lowest BCUT2D eigenvalue weighted by molar-refractivity contribution is 0.0951. The Morgan fingerprint density at radius 2 is 1.50 bits per heavy atom. The molecular formula is C26H23N3O3. The molecule has 0 aliphatic carbocycles. The molecule has 4 rings (SSSR count). The minimum atomic E-state index is -0.112. The van der Waals surface area contributed by atoms with Gasteiger partial charge in [-0.05, 0) is 60.0 Å². The molecule has 1 N–H and O–H groups in total. The molecule has 160 valence electrons. The molecule has 6 nitrogen and oxygen atoms in total. The molecule has 0 aliphatic rings. The first-order valence-electron chi connectivity index (χ1n) is 10.2. The van der Waals surface area contributed by atoms with Crippen LogP contribution in [0.25, 0.3) is 11.1 Å². The summed E-state index contributed by atoms with van der Waals surface area (Å²) < 4.78 is 10.8. The molecular weight excluding hydrogens is 402 g/mol. The molecule has 0 radical (unpaired) electrons. The number of methoxy groups -OCH3 is 1. The number of ether oxygens (including phenoxy) is 2. The van der Waals surface area contributed by atoms with Crippen LogP contribution in [0.4, 0.5) is 0 Å². The van der Waals surface area contributed by atoms with Gasteiger partial charge in [0.05, 0.1) is 7.11 Å². The molecule has 1 aromatic heterocycles. The van der Waals surface area contributed by atoms with E-state index in [4.69, 9.17) is 9.47 Å². The minimum absolute atomic E-state index is 0.112. The molecule has 0 unspecified atom stereocenters.